The topological polar surface area (TPSA) is 28.2 Å². The van der Waals surface area contributed by atoms with Gasteiger partial charge in [0.15, 0.2) is 0 Å². The van der Waals surface area contributed by atoms with E-state index in [1.807, 2.05) is 6.20 Å². The Bertz CT molecular complexity index is 294. The van der Waals surface area contributed by atoms with Crippen LogP contribution >= 0.6 is 11.3 Å². The molecule has 1 aliphatic rings. The molecule has 1 aromatic rings. The number of nitrogens with one attached hydrogen (secondary N) is 1. The van der Waals surface area contributed by atoms with E-state index in [0.29, 0.717) is 6.04 Å². The molecule has 1 unspecified atom stereocenters. The van der Waals surface area contributed by atoms with Crippen LogP contribution < -0.4 is 5.32 Å². The Kier molecular flexibility index (Phi) is 5.42. The van der Waals surface area contributed by atoms with Crippen LogP contribution in [0.25, 0.3) is 0 Å². The van der Waals surface area contributed by atoms with Crippen molar-refractivity contribution in [1.29, 1.82) is 0 Å². The van der Waals surface area contributed by atoms with Crippen LogP contribution in [0, 0.1) is 0 Å². The Morgan fingerprint density at radius 1 is 1.59 bits per heavy atom. The highest BCUT2D eigenvalue weighted by Gasteiger charge is 2.18. The summed E-state index contributed by atoms with van der Waals surface area (Å²) in [6, 6.07) is 0.701. The Hall–Kier alpha value is -0.450. The minimum absolute atomic E-state index is 0.701. The SMILES string of the molecule is CCCCN(Cc1nccs1)CC1CCCN1. The highest BCUT2D eigenvalue weighted by Crippen LogP contribution is 2.12. The maximum absolute atomic E-state index is 4.40. The van der Waals surface area contributed by atoms with Crippen molar-refractivity contribution in [3.63, 3.8) is 0 Å². The van der Waals surface area contributed by atoms with Crippen LogP contribution in [0.3, 0.4) is 0 Å². The van der Waals surface area contributed by atoms with Crippen LogP contribution in [0.1, 0.15) is 37.6 Å². The number of hydrogen-bond acceptors (Lipinski definition) is 4. The number of aromatic nitrogens is 1. The minimum atomic E-state index is 0.701. The Balaban J connectivity index is 1.83. The molecule has 1 aromatic heterocycles. The predicted molar refractivity (Wildman–Crippen MR) is 73.3 cm³/mol. The molecule has 0 radical (unpaired) electrons. The normalized spacial score (nSPS) is 20.2. The summed E-state index contributed by atoms with van der Waals surface area (Å²) in [5, 5.41) is 6.90. The van der Waals surface area contributed by atoms with E-state index in [9.17, 15) is 0 Å². The molecule has 0 saturated carbocycles. The Morgan fingerprint density at radius 3 is 3.18 bits per heavy atom. The molecule has 96 valence electrons. The zero-order chi connectivity index (χ0) is 11.9. The van der Waals surface area contributed by atoms with Gasteiger partial charge in [-0.05, 0) is 32.4 Å². The molecule has 4 heteroatoms. The van der Waals surface area contributed by atoms with Crippen molar-refractivity contribution >= 4 is 11.3 Å². The van der Waals surface area contributed by atoms with Crippen LogP contribution in [-0.2, 0) is 6.54 Å². The molecule has 0 aromatic carbocycles. The molecule has 17 heavy (non-hydrogen) atoms. The quantitative estimate of drug-likeness (QED) is 0.809. The van der Waals surface area contributed by atoms with E-state index in [2.05, 4.69) is 27.5 Å². The van der Waals surface area contributed by atoms with Crippen LogP contribution in [0.2, 0.25) is 0 Å². The number of hydrogen-bond donors (Lipinski definition) is 1. The first kappa shape index (κ1) is 13.0. The molecule has 2 heterocycles. The summed E-state index contributed by atoms with van der Waals surface area (Å²) in [6.45, 7) is 6.86. The first-order valence-electron chi connectivity index (χ1n) is 6.72. The summed E-state index contributed by atoms with van der Waals surface area (Å²) in [4.78, 5) is 6.96. The fourth-order valence-electron chi connectivity index (χ4n) is 2.36. The zero-order valence-electron chi connectivity index (χ0n) is 10.7. The summed E-state index contributed by atoms with van der Waals surface area (Å²) >= 11 is 1.77. The lowest BCUT2D eigenvalue weighted by atomic mass is 10.2. The van der Waals surface area contributed by atoms with Gasteiger partial charge in [0.1, 0.15) is 5.01 Å². The highest BCUT2D eigenvalue weighted by atomic mass is 32.1. The van der Waals surface area contributed by atoms with Gasteiger partial charge in [-0.2, -0.15) is 0 Å². The maximum Gasteiger partial charge on any atom is 0.107 e. The van der Waals surface area contributed by atoms with Gasteiger partial charge in [0.2, 0.25) is 0 Å². The summed E-state index contributed by atoms with van der Waals surface area (Å²) in [5.74, 6) is 0. The Labute approximate surface area is 108 Å². The molecular weight excluding hydrogens is 230 g/mol. The number of unbranched alkanes of at least 4 members (excludes halogenated alkanes) is 1. The summed E-state index contributed by atoms with van der Waals surface area (Å²) < 4.78 is 0. The van der Waals surface area contributed by atoms with Gasteiger partial charge in [-0.15, -0.1) is 11.3 Å². The van der Waals surface area contributed by atoms with Gasteiger partial charge in [-0.3, -0.25) is 4.90 Å². The standard InChI is InChI=1S/C13H23N3S/c1-2-3-8-16(10-12-5-4-6-14-12)11-13-15-7-9-17-13/h7,9,12,14H,2-6,8,10-11H2,1H3. The highest BCUT2D eigenvalue weighted by molar-refractivity contribution is 7.09. The molecule has 2 rings (SSSR count). The number of nitrogens with zero attached hydrogens (tertiary/aromatic N) is 2. The van der Waals surface area contributed by atoms with E-state index >= 15 is 0 Å². The van der Waals surface area contributed by atoms with Crippen molar-refractivity contribution in [2.45, 2.75) is 45.2 Å². The zero-order valence-corrected chi connectivity index (χ0v) is 11.5. The van der Waals surface area contributed by atoms with Crippen molar-refractivity contribution in [2.24, 2.45) is 0 Å². The number of thiazole rings is 1. The molecule has 1 fully saturated rings. The lowest BCUT2D eigenvalue weighted by Crippen LogP contribution is -2.37. The molecule has 3 nitrogen and oxygen atoms in total. The predicted octanol–water partition coefficient (Wildman–Crippen LogP) is 2.50. The van der Waals surface area contributed by atoms with E-state index in [1.165, 1.54) is 50.3 Å². The Morgan fingerprint density at radius 2 is 2.53 bits per heavy atom. The van der Waals surface area contributed by atoms with E-state index in [4.69, 9.17) is 0 Å². The van der Waals surface area contributed by atoms with Crippen LogP contribution in [-0.4, -0.2) is 35.6 Å². The third-order valence-corrected chi connectivity index (χ3v) is 4.08. The average Bonchev–Trinajstić information content (AvgIpc) is 2.99. The second-order valence-corrected chi connectivity index (χ2v) is 5.79. The fourth-order valence-corrected chi connectivity index (χ4v) is 3.02. The van der Waals surface area contributed by atoms with Gasteiger partial charge in [0.05, 0.1) is 6.54 Å². The van der Waals surface area contributed by atoms with E-state index in [-0.39, 0.29) is 0 Å². The van der Waals surface area contributed by atoms with E-state index in [1.54, 1.807) is 11.3 Å². The van der Waals surface area contributed by atoms with Crippen LogP contribution in [0.15, 0.2) is 11.6 Å². The molecule has 0 aliphatic carbocycles. The molecule has 1 aliphatic heterocycles. The minimum Gasteiger partial charge on any atom is -0.313 e. The van der Waals surface area contributed by atoms with E-state index < -0.39 is 0 Å². The summed E-state index contributed by atoms with van der Waals surface area (Å²) in [5.41, 5.74) is 0. The maximum atomic E-state index is 4.40. The molecular formula is C13H23N3S. The van der Waals surface area contributed by atoms with Crippen molar-refractivity contribution in [2.75, 3.05) is 19.6 Å². The summed E-state index contributed by atoms with van der Waals surface area (Å²) in [6.07, 6.45) is 7.14. The second kappa shape index (κ2) is 7.09. The molecule has 0 amide bonds. The molecule has 0 spiro atoms. The monoisotopic (exact) mass is 253 g/mol. The van der Waals surface area contributed by atoms with Crippen molar-refractivity contribution < 1.29 is 0 Å². The first-order chi connectivity index (χ1) is 8.38. The smallest absolute Gasteiger partial charge is 0.107 e. The fraction of sp³-hybridized carbons (Fsp3) is 0.769. The van der Waals surface area contributed by atoms with Crippen molar-refractivity contribution in [3.05, 3.63) is 16.6 Å². The van der Waals surface area contributed by atoms with Crippen molar-refractivity contribution in [3.8, 4) is 0 Å². The van der Waals surface area contributed by atoms with Gasteiger partial charge in [0.25, 0.3) is 0 Å². The van der Waals surface area contributed by atoms with Gasteiger partial charge in [0, 0.05) is 24.2 Å². The third kappa shape index (κ3) is 4.37. The average molecular weight is 253 g/mol. The molecule has 1 atom stereocenters. The van der Waals surface area contributed by atoms with Crippen LogP contribution in [0.4, 0.5) is 0 Å². The van der Waals surface area contributed by atoms with Gasteiger partial charge < -0.3 is 5.32 Å². The lowest BCUT2D eigenvalue weighted by molar-refractivity contribution is 0.237. The molecule has 1 saturated heterocycles. The largest absolute Gasteiger partial charge is 0.313 e. The van der Waals surface area contributed by atoms with E-state index in [0.717, 1.165) is 6.54 Å². The lowest BCUT2D eigenvalue weighted by Gasteiger charge is -2.24. The van der Waals surface area contributed by atoms with Gasteiger partial charge in [-0.1, -0.05) is 13.3 Å². The number of rotatable bonds is 7. The van der Waals surface area contributed by atoms with Crippen molar-refractivity contribution in [1.82, 2.24) is 15.2 Å². The van der Waals surface area contributed by atoms with Crippen LogP contribution in [0.5, 0.6) is 0 Å². The summed E-state index contributed by atoms with van der Waals surface area (Å²) in [7, 11) is 0. The van der Waals surface area contributed by atoms with Gasteiger partial charge in [-0.25, -0.2) is 4.98 Å². The third-order valence-electron chi connectivity index (χ3n) is 3.31. The van der Waals surface area contributed by atoms with Gasteiger partial charge >= 0.3 is 0 Å². The second-order valence-electron chi connectivity index (χ2n) is 4.81. The first-order valence-corrected chi connectivity index (χ1v) is 7.60. The molecule has 1 N–H and O–H groups in total. The molecule has 0 bridgehead atoms.